The van der Waals surface area contributed by atoms with Crippen molar-refractivity contribution < 1.29 is 9.90 Å². The van der Waals surface area contributed by atoms with E-state index < -0.39 is 0 Å². The van der Waals surface area contributed by atoms with Crippen LogP contribution in [0, 0.1) is 11.8 Å². The van der Waals surface area contributed by atoms with Gasteiger partial charge in [-0.05, 0) is 13.1 Å². The second-order valence-electron chi connectivity index (χ2n) is 4.83. The second kappa shape index (κ2) is 7.04. The van der Waals surface area contributed by atoms with Crippen molar-refractivity contribution in [2.75, 3.05) is 39.8 Å². The lowest BCUT2D eigenvalue weighted by Crippen LogP contribution is -2.47. The van der Waals surface area contributed by atoms with E-state index in [-0.39, 0.29) is 12.5 Å². The highest BCUT2D eigenvalue weighted by molar-refractivity contribution is 5.94. The Hall–Kier alpha value is -1.90. The summed E-state index contributed by atoms with van der Waals surface area (Å²) >= 11 is 0. The van der Waals surface area contributed by atoms with E-state index in [1.807, 2.05) is 4.90 Å². The summed E-state index contributed by atoms with van der Waals surface area (Å²) in [6.45, 7) is 3.33. The molecule has 1 aliphatic rings. The van der Waals surface area contributed by atoms with E-state index in [1.165, 1.54) is 0 Å². The molecule has 5 heteroatoms. The number of amides is 1. The minimum absolute atomic E-state index is 0.0106. The largest absolute Gasteiger partial charge is 0.395 e. The van der Waals surface area contributed by atoms with Gasteiger partial charge < -0.3 is 14.9 Å². The maximum atomic E-state index is 12.4. The lowest BCUT2D eigenvalue weighted by molar-refractivity contribution is 0.0663. The standard InChI is InChI=1S/C15H19N3O2/c1-17-5-7-18(8-6-17)15(20)14-10-13(11-16-12-14)4-2-3-9-19/h10-12,19H,3,5-9H2,1H3. The summed E-state index contributed by atoms with van der Waals surface area (Å²) < 4.78 is 0. The smallest absolute Gasteiger partial charge is 0.255 e. The molecule has 1 aromatic rings. The van der Waals surface area contributed by atoms with Gasteiger partial charge in [0, 0.05) is 50.6 Å². The summed E-state index contributed by atoms with van der Waals surface area (Å²) in [7, 11) is 2.06. The molecule has 2 heterocycles. The number of likely N-dealkylation sites (N-methyl/N-ethyl adjacent to an activating group) is 1. The summed E-state index contributed by atoms with van der Waals surface area (Å²) in [6, 6.07) is 1.76. The fraction of sp³-hybridized carbons (Fsp3) is 0.467. The number of hydrogen-bond acceptors (Lipinski definition) is 4. The number of pyridine rings is 1. The molecule has 0 bridgehead atoms. The van der Waals surface area contributed by atoms with Crippen molar-refractivity contribution in [1.82, 2.24) is 14.8 Å². The molecule has 0 saturated carbocycles. The Balaban J connectivity index is 2.07. The lowest BCUT2D eigenvalue weighted by atomic mass is 10.1. The number of aliphatic hydroxyl groups is 1. The van der Waals surface area contributed by atoms with E-state index in [1.54, 1.807) is 18.5 Å². The monoisotopic (exact) mass is 273 g/mol. The van der Waals surface area contributed by atoms with Crippen LogP contribution in [-0.4, -0.2) is 65.6 Å². The van der Waals surface area contributed by atoms with Gasteiger partial charge in [-0.25, -0.2) is 0 Å². The summed E-state index contributed by atoms with van der Waals surface area (Å²) in [4.78, 5) is 20.5. The van der Waals surface area contributed by atoms with E-state index in [0.717, 1.165) is 26.2 Å². The molecule has 5 nitrogen and oxygen atoms in total. The van der Waals surface area contributed by atoms with Gasteiger partial charge in [0.2, 0.25) is 0 Å². The van der Waals surface area contributed by atoms with E-state index in [9.17, 15) is 4.79 Å². The number of carbonyl (C=O) groups is 1. The second-order valence-corrected chi connectivity index (χ2v) is 4.83. The first kappa shape index (κ1) is 14.5. The van der Waals surface area contributed by atoms with Crippen LogP contribution >= 0.6 is 0 Å². The third kappa shape index (κ3) is 3.80. The maximum absolute atomic E-state index is 12.4. The average molecular weight is 273 g/mol. The quantitative estimate of drug-likeness (QED) is 0.782. The Kier molecular flexibility index (Phi) is 5.10. The minimum Gasteiger partial charge on any atom is -0.395 e. The first-order chi connectivity index (χ1) is 9.70. The summed E-state index contributed by atoms with van der Waals surface area (Å²) in [6.07, 6.45) is 3.64. The third-order valence-electron chi connectivity index (χ3n) is 3.25. The Morgan fingerprint density at radius 1 is 1.35 bits per heavy atom. The number of piperazine rings is 1. The number of hydrogen-bond donors (Lipinski definition) is 1. The van der Waals surface area contributed by atoms with Gasteiger partial charge in [-0.3, -0.25) is 9.78 Å². The van der Waals surface area contributed by atoms with Crippen molar-refractivity contribution in [3.8, 4) is 11.8 Å². The molecule has 0 unspecified atom stereocenters. The summed E-state index contributed by atoms with van der Waals surface area (Å²) in [5.41, 5.74) is 1.28. The molecule has 1 aliphatic heterocycles. The van der Waals surface area contributed by atoms with E-state index in [2.05, 4.69) is 28.8 Å². The first-order valence-electron chi connectivity index (χ1n) is 6.73. The first-order valence-corrected chi connectivity index (χ1v) is 6.73. The van der Waals surface area contributed by atoms with Crippen molar-refractivity contribution in [2.24, 2.45) is 0 Å². The van der Waals surface area contributed by atoms with Gasteiger partial charge in [-0.1, -0.05) is 11.8 Å². The zero-order valence-electron chi connectivity index (χ0n) is 11.7. The molecule has 1 N–H and O–H groups in total. The highest BCUT2D eigenvalue weighted by Gasteiger charge is 2.20. The molecular weight excluding hydrogens is 254 g/mol. The van der Waals surface area contributed by atoms with Crippen LogP contribution in [0.15, 0.2) is 18.5 Å². The molecule has 20 heavy (non-hydrogen) atoms. The van der Waals surface area contributed by atoms with E-state index >= 15 is 0 Å². The van der Waals surface area contributed by atoms with Crippen LogP contribution in [0.25, 0.3) is 0 Å². The van der Waals surface area contributed by atoms with Gasteiger partial charge in [0.25, 0.3) is 5.91 Å². The molecule has 0 aromatic carbocycles. The number of rotatable bonds is 2. The molecule has 0 aliphatic carbocycles. The number of carbonyl (C=O) groups excluding carboxylic acids is 1. The lowest BCUT2D eigenvalue weighted by Gasteiger charge is -2.32. The Labute approximate surface area is 119 Å². The fourth-order valence-electron chi connectivity index (χ4n) is 2.04. The Morgan fingerprint density at radius 2 is 2.10 bits per heavy atom. The SMILES string of the molecule is CN1CCN(C(=O)c2cncc(C#CCCO)c2)CC1. The maximum Gasteiger partial charge on any atom is 0.255 e. The third-order valence-corrected chi connectivity index (χ3v) is 3.25. The molecule has 1 fully saturated rings. The zero-order chi connectivity index (χ0) is 14.4. The molecule has 1 aromatic heterocycles. The normalized spacial score (nSPS) is 15.6. The van der Waals surface area contributed by atoms with Crippen molar-refractivity contribution >= 4 is 5.91 Å². The van der Waals surface area contributed by atoms with Gasteiger partial charge in [0.05, 0.1) is 12.2 Å². The van der Waals surface area contributed by atoms with Crippen LogP contribution in [0.3, 0.4) is 0 Å². The number of nitrogens with zero attached hydrogens (tertiary/aromatic N) is 3. The fourth-order valence-corrected chi connectivity index (χ4v) is 2.04. The van der Waals surface area contributed by atoms with Crippen LogP contribution in [0.4, 0.5) is 0 Å². The van der Waals surface area contributed by atoms with Crippen LogP contribution in [0.1, 0.15) is 22.3 Å². The van der Waals surface area contributed by atoms with Crippen molar-refractivity contribution in [3.05, 3.63) is 29.6 Å². The predicted octanol–water partition coefficient (Wildman–Crippen LogP) is 0.203. The van der Waals surface area contributed by atoms with E-state index in [0.29, 0.717) is 17.5 Å². The molecule has 0 spiro atoms. The van der Waals surface area contributed by atoms with Crippen molar-refractivity contribution in [2.45, 2.75) is 6.42 Å². The van der Waals surface area contributed by atoms with Crippen LogP contribution in [-0.2, 0) is 0 Å². The predicted molar refractivity (Wildman–Crippen MR) is 76.2 cm³/mol. The minimum atomic E-state index is 0.0106. The Morgan fingerprint density at radius 3 is 2.80 bits per heavy atom. The highest BCUT2D eigenvalue weighted by Crippen LogP contribution is 2.08. The van der Waals surface area contributed by atoms with Crippen LogP contribution < -0.4 is 0 Å². The molecule has 0 atom stereocenters. The topological polar surface area (TPSA) is 56.7 Å². The molecule has 0 radical (unpaired) electrons. The summed E-state index contributed by atoms with van der Waals surface area (Å²) in [5.74, 6) is 5.74. The van der Waals surface area contributed by atoms with Crippen molar-refractivity contribution in [3.63, 3.8) is 0 Å². The van der Waals surface area contributed by atoms with Crippen LogP contribution in [0.5, 0.6) is 0 Å². The van der Waals surface area contributed by atoms with Gasteiger partial charge in [-0.15, -0.1) is 0 Å². The van der Waals surface area contributed by atoms with Gasteiger partial charge in [0.15, 0.2) is 0 Å². The van der Waals surface area contributed by atoms with Crippen LogP contribution in [0.2, 0.25) is 0 Å². The highest BCUT2D eigenvalue weighted by atomic mass is 16.2. The molecule has 106 valence electrons. The van der Waals surface area contributed by atoms with Gasteiger partial charge in [0.1, 0.15) is 0 Å². The Bertz CT molecular complexity index is 525. The molecule has 2 rings (SSSR count). The number of aliphatic hydroxyl groups excluding tert-OH is 1. The van der Waals surface area contributed by atoms with Crippen molar-refractivity contribution in [1.29, 1.82) is 0 Å². The van der Waals surface area contributed by atoms with Gasteiger partial charge >= 0.3 is 0 Å². The van der Waals surface area contributed by atoms with Gasteiger partial charge in [-0.2, -0.15) is 0 Å². The molecule has 1 saturated heterocycles. The zero-order valence-corrected chi connectivity index (χ0v) is 11.7. The average Bonchev–Trinajstić information content (AvgIpc) is 2.48. The molecular formula is C15H19N3O2. The summed E-state index contributed by atoms with van der Waals surface area (Å²) in [5, 5.41) is 8.70. The molecule has 1 amide bonds. The van der Waals surface area contributed by atoms with E-state index in [4.69, 9.17) is 5.11 Å². The number of aromatic nitrogens is 1.